The molecule has 86 valence electrons. The monoisotopic (exact) mass is 217 g/mol. The molecule has 0 radical (unpaired) electrons. The lowest BCUT2D eigenvalue weighted by molar-refractivity contribution is -0.124. The number of nitrogens with one attached hydrogen (secondary N) is 1. The van der Waals surface area contributed by atoms with E-state index in [1.807, 2.05) is 13.8 Å². The highest BCUT2D eigenvalue weighted by molar-refractivity contribution is 5.78. The smallest absolute Gasteiger partial charge is 0.222 e. The van der Waals surface area contributed by atoms with E-state index in [2.05, 4.69) is 29.6 Å². The van der Waals surface area contributed by atoms with Crippen molar-refractivity contribution in [1.29, 1.82) is 0 Å². The van der Waals surface area contributed by atoms with Gasteiger partial charge >= 0.3 is 0 Å². The molecule has 2 rings (SSSR count). The van der Waals surface area contributed by atoms with Gasteiger partial charge in [0.15, 0.2) is 0 Å². The fraction of sp³-hybridized carbons (Fsp3) is 0.500. The molecular formula is C14H19NO. The van der Waals surface area contributed by atoms with Crippen molar-refractivity contribution in [3.8, 4) is 0 Å². The fourth-order valence-corrected chi connectivity index (χ4v) is 2.19. The minimum Gasteiger partial charge on any atom is -0.353 e. The maximum atomic E-state index is 11.6. The molecule has 0 saturated heterocycles. The SMILES string of the molecule is CC(C)C(=O)NC1CCc2ccccc2C1. The van der Waals surface area contributed by atoms with Gasteiger partial charge in [-0.1, -0.05) is 38.1 Å². The Morgan fingerprint density at radius 3 is 2.69 bits per heavy atom. The summed E-state index contributed by atoms with van der Waals surface area (Å²) in [7, 11) is 0. The van der Waals surface area contributed by atoms with E-state index in [0.29, 0.717) is 6.04 Å². The van der Waals surface area contributed by atoms with Gasteiger partial charge in [0.1, 0.15) is 0 Å². The van der Waals surface area contributed by atoms with Crippen molar-refractivity contribution in [3.63, 3.8) is 0 Å². The summed E-state index contributed by atoms with van der Waals surface area (Å²) < 4.78 is 0. The van der Waals surface area contributed by atoms with Crippen LogP contribution in [0.25, 0.3) is 0 Å². The third-order valence-corrected chi connectivity index (χ3v) is 3.22. The molecule has 0 aromatic heterocycles. The van der Waals surface area contributed by atoms with Gasteiger partial charge in [-0.3, -0.25) is 4.79 Å². The second kappa shape index (κ2) is 4.69. The highest BCUT2D eigenvalue weighted by Crippen LogP contribution is 2.21. The number of aryl methyl sites for hydroxylation is 1. The average Bonchev–Trinajstić information content (AvgIpc) is 2.28. The number of fused-ring (bicyclic) bond motifs is 1. The molecule has 1 aromatic carbocycles. The van der Waals surface area contributed by atoms with E-state index in [1.54, 1.807) is 0 Å². The Kier molecular flexibility index (Phi) is 3.28. The summed E-state index contributed by atoms with van der Waals surface area (Å²) in [6.07, 6.45) is 3.13. The number of hydrogen-bond donors (Lipinski definition) is 1. The first-order valence-electron chi connectivity index (χ1n) is 6.04. The Hall–Kier alpha value is -1.31. The lowest BCUT2D eigenvalue weighted by atomic mass is 9.88. The maximum absolute atomic E-state index is 11.6. The molecule has 0 saturated carbocycles. The van der Waals surface area contributed by atoms with Crippen molar-refractivity contribution in [2.24, 2.45) is 5.92 Å². The molecular weight excluding hydrogens is 198 g/mol. The van der Waals surface area contributed by atoms with Crippen LogP contribution in [0, 0.1) is 5.92 Å². The van der Waals surface area contributed by atoms with Crippen molar-refractivity contribution in [2.75, 3.05) is 0 Å². The molecule has 2 nitrogen and oxygen atoms in total. The number of carbonyl (C=O) groups is 1. The first kappa shape index (κ1) is 11.2. The molecule has 1 amide bonds. The Labute approximate surface area is 97.1 Å². The quantitative estimate of drug-likeness (QED) is 0.809. The van der Waals surface area contributed by atoms with E-state index in [-0.39, 0.29) is 11.8 Å². The predicted octanol–water partition coefficient (Wildman–Crippen LogP) is 2.32. The van der Waals surface area contributed by atoms with Crippen LogP contribution >= 0.6 is 0 Å². The van der Waals surface area contributed by atoms with Crippen LogP contribution < -0.4 is 5.32 Å². The van der Waals surface area contributed by atoms with Crippen molar-refractivity contribution in [3.05, 3.63) is 35.4 Å². The molecule has 1 N–H and O–H groups in total. The van der Waals surface area contributed by atoms with Crippen molar-refractivity contribution < 1.29 is 4.79 Å². The van der Waals surface area contributed by atoms with Crippen LogP contribution in [0.3, 0.4) is 0 Å². The third kappa shape index (κ3) is 2.43. The number of hydrogen-bond acceptors (Lipinski definition) is 1. The molecule has 1 atom stereocenters. The van der Waals surface area contributed by atoms with Crippen LogP contribution in [-0.4, -0.2) is 11.9 Å². The minimum atomic E-state index is 0.0807. The molecule has 0 aliphatic heterocycles. The number of benzene rings is 1. The van der Waals surface area contributed by atoms with Gasteiger partial charge in [-0.25, -0.2) is 0 Å². The Bertz CT molecular complexity index is 384. The average molecular weight is 217 g/mol. The zero-order valence-corrected chi connectivity index (χ0v) is 9.99. The normalized spacial score (nSPS) is 19.3. The number of amides is 1. The molecule has 1 aliphatic rings. The number of rotatable bonds is 2. The fourth-order valence-electron chi connectivity index (χ4n) is 2.19. The van der Waals surface area contributed by atoms with Crippen LogP contribution in [0.1, 0.15) is 31.4 Å². The van der Waals surface area contributed by atoms with Gasteiger partial charge in [0.2, 0.25) is 5.91 Å². The molecule has 2 heteroatoms. The topological polar surface area (TPSA) is 29.1 Å². The van der Waals surface area contributed by atoms with Gasteiger partial charge in [0, 0.05) is 12.0 Å². The van der Waals surface area contributed by atoms with Crippen molar-refractivity contribution >= 4 is 5.91 Å². The molecule has 16 heavy (non-hydrogen) atoms. The van der Waals surface area contributed by atoms with Crippen LogP contribution in [0.15, 0.2) is 24.3 Å². The van der Waals surface area contributed by atoms with Gasteiger partial charge in [0.05, 0.1) is 0 Å². The first-order valence-corrected chi connectivity index (χ1v) is 6.04. The van der Waals surface area contributed by atoms with E-state index >= 15 is 0 Å². The molecule has 1 aromatic rings. The molecule has 0 heterocycles. The zero-order chi connectivity index (χ0) is 11.5. The second-order valence-electron chi connectivity index (χ2n) is 4.87. The predicted molar refractivity (Wildman–Crippen MR) is 65.2 cm³/mol. The van der Waals surface area contributed by atoms with E-state index in [1.165, 1.54) is 11.1 Å². The first-order chi connectivity index (χ1) is 7.66. The minimum absolute atomic E-state index is 0.0807. The highest BCUT2D eigenvalue weighted by Gasteiger charge is 2.20. The van der Waals surface area contributed by atoms with Gasteiger partial charge in [-0.05, 0) is 30.4 Å². The molecule has 1 aliphatic carbocycles. The largest absolute Gasteiger partial charge is 0.353 e. The summed E-state index contributed by atoms with van der Waals surface area (Å²) in [6.45, 7) is 3.87. The van der Waals surface area contributed by atoms with Crippen LogP contribution in [0.4, 0.5) is 0 Å². The molecule has 1 unspecified atom stereocenters. The van der Waals surface area contributed by atoms with Crippen molar-refractivity contribution in [1.82, 2.24) is 5.32 Å². The number of carbonyl (C=O) groups excluding carboxylic acids is 1. The van der Waals surface area contributed by atoms with Crippen LogP contribution in [0.2, 0.25) is 0 Å². The highest BCUT2D eigenvalue weighted by atomic mass is 16.1. The molecule has 0 bridgehead atoms. The van der Waals surface area contributed by atoms with Gasteiger partial charge in [-0.2, -0.15) is 0 Å². The Morgan fingerprint density at radius 2 is 2.00 bits per heavy atom. The van der Waals surface area contributed by atoms with Crippen molar-refractivity contribution in [2.45, 2.75) is 39.2 Å². The molecule has 0 spiro atoms. The van der Waals surface area contributed by atoms with Crippen LogP contribution in [-0.2, 0) is 17.6 Å². The Balaban J connectivity index is 2.00. The van der Waals surface area contributed by atoms with Gasteiger partial charge in [0.25, 0.3) is 0 Å². The Morgan fingerprint density at radius 1 is 1.31 bits per heavy atom. The summed E-state index contributed by atoms with van der Waals surface area (Å²) in [5, 5.41) is 3.12. The second-order valence-corrected chi connectivity index (χ2v) is 4.87. The van der Waals surface area contributed by atoms with E-state index in [9.17, 15) is 4.79 Å². The summed E-state index contributed by atoms with van der Waals surface area (Å²) in [5.41, 5.74) is 2.83. The van der Waals surface area contributed by atoms with E-state index in [0.717, 1.165) is 19.3 Å². The standard InChI is InChI=1S/C14H19NO/c1-10(2)14(16)15-13-8-7-11-5-3-4-6-12(11)9-13/h3-6,10,13H,7-9H2,1-2H3,(H,15,16). The van der Waals surface area contributed by atoms with E-state index in [4.69, 9.17) is 0 Å². The lowest BCUT2D eigenvalue weighted by Crippen LogP contribution is -2.40. The van der Waals surface area contributed by atoms with Gasteiger partial charge in [-0.15, -0.1) is 0 Å². The maximum Gasteiger partial charge on any atom is 0.222 e. The lowest BCUT2D eigenvalue weighted by Gasteiger charge is -2.26. The van der Waals surface area contributed by atoms with Crippen LogP contribution in [0.5, 0.6) is 0 Å². The summed E-state index contributed by atoms with van der Waals surface area (Å²) in [6, 6.07) is 8.85. The molecule has 0 fully saturated rings. The third-order valence-electron chi connectivity index (χ3n) is 3.22. The summed E-state index contributed by atoms with van der Waals surface area (Å²) in [5.74, 6) is 0.251. The van der Waals surface area contributed by atoms with E-state index < -0.39 is 0 Å². The summed E-state index contributed by atoms with van der Waals surface area (Å²) in [4.78, 5) is 11.6. The summed E-state index contributed by atoms with van der Waals surface area (Å²) >= 11 is 0. The zero-order valence-electron chi connectivity index (χ0n) is 9.99. The van der Waals surface area contributed by atoms with Gasteiger partial charge < -0.3 is 5.32 Å².